The Labute approximate surface area is 154 Å². The van der Waals surface area contributed by atoms with Crippen LogP contribution in [0.15, 0.2) is 36.4 Å². The Morgan fingerprint density at radius 3 is 2.38 bits per heavy atom. The van der Waals surface area contributed by atoms with E-state index in [1.165, 1.54) is 0 Å². The summed E-state index contributed by atoms with van der Waals surface area (Å²) in [6.45, 7) is 9.00. The molecule has 0 bridgehead atoms. The van der Waals surface area contributed by atoms with Gasteiger partial charge in [-0.3, -0.25) is 9.69 Å². The van der Waals surface area contributed by atoms with Gasteiger partial charge in [-0.05, 0) is 58.5 Å². The monoisotopic (exact) mass is 350 g/mol. The summed E-state index contributed by atoms with van der Waals surface area (Å²) in [5, 5.41) is 3.04. The highest BCUT2D eigenvalue weighted by atomic mass is 16.1. The molecule has 0 fully saturated rings. The molecule has 0 aliphatic heterocycles. The van der Waals surface area contributed by atoms with E-state index < -0.39 is 0 Å². The molecule has 0 aliphatic carbocycles. The number of hydrogen-bond acceptors (Lipinski definition) is 4. The van der Waals surface area contributed by atoms with Gasteiger partial charge in [0.05, 0.1) is 22.1 Å². The summed E-state index contributed by atoms with van der Waals surface area (Å²) in [6, 6.07) is 12.2. The SMILES string of the molecule is Cc1cccc2nc3cccc(C(=O)NCC(C)N(C)C(C)C)c3nc12. The molecule has 26 heavy (non-hydrogen) atoms. The Balaban J connectivity index is 1.92. The minimum atomic E-state index is -0.109. The minimum absolute atomic E-state index is 0.109. The molecule has 0 saturated carbocycles. The number of para-hydroxylation sites is 2. The van der Waals surface area contributed by atoms with E-state index >= 15 is 0 Å². The molecule has 5 heteroatoms. The topological polar surface area (TPSA) is 58.1 Å². The van der Waals surface area contributed by atoms with Crippen LogP contribution in [-0.2, 0) is 0 Å². The van der Waals surface area contributed by atoms with Crippen LogP contribution in [0.3, 0.4) is 0 Å². The van der Waals surface area contributed by atoms with Crippen molar-refractivity contribution in [1.82, 2.24) is 20.2 Å². The van der Waals surface area contributed by atoms with Crippen LogP contribution in [0.4, 0.5) is 0 Å². The molecule has 5 nitrogen and oxygen atoms in total. The quantitative estimate of drug-likeness (QED) is 0.715. The van der Waals surface area contributed by atoms with Crippen LogP contribution in [0.1, 0.15) is 36.7 Å². The van der Waals surface area contributed by atoms with Crippen molar-refractivity contribution >= 4 is 28.0 Å². The van der Waals surface area contributed by atoms with E-state index in [9.17, 15) is 4.79 Å². The van der Waals surface area contributed by atoms with Crippen molar-refractivity contribution in [2.24, 2.45) is 0 Å². The van der Waals surface area contributed by atoms with E-state index in [0.29, 0.717) is 23.7 Å². The summed E-state index contributed by atoms with van der Waals surface area (Å²) in [5.41, 5.74) is 4.70. The maximum atomic E-state index is 12.8. The average Bonchev–Trinajstić information content (AvgIpc) is 2.63. The number of aromatic nitrogens is 2. The third kappa shape index (κ3) is 3.53. The van der Waals surface area contributed by atoms with Crippen LogP contribution in [0.5, 0.6) is 0 Å². The van der Waals surface area contributed by atoms with Crippen molar-refractivity contribution in [3.63, 3.8) is 0 Å². The summed E-state index contributed by atoms with van der Waals surface area (Å²) >= 11 is 0. The standard InChI is InChI=1S/C21H26N4O/c1-13(2)25(5)15(4)12-22-21(26)16-9-7-11-18-20(16)24-19-14(3)8-6-10-17(19)23-18/h6-11,13,15H,12H2,1-5H3,(H,22,26). The Kier molecular flexibility index (Phi) is 5.18. The highest BCUT2D eigenvalue weighted by Crippen LogP contribution is 2.21. The first-order chi connectivity index (χ1) is 12.4. The molecule has 0 radical (unpaired) electrons. The fraction of sp³-hybridized carbons (Fsp3) is 0.381. The zero-order valence-corrected chi connectivity index (χ0v) is 16.1. The summed E-state index contributed by atoms with van der Waals surface area (Å²) < 4.78 is 0. The summed E-state index contributed by atoms with van der Waals surface area (Å²) in [6.07, 6.45) is 0. The summed E-state index contributed by atoms with van der Waals surface area (Å²) in [7, 11) is 2.07. The van der Waals surface area contributed by atoms with Crippen LogP contribution in [-0.4, -0.2) is 46.5 Å². The van der Waals surface area contributed by atoms with Crippen LogP contribution in [0.2, 0.25) is 0 Å². The molecule has 3 rings (SSSR count). The molecule has 0 saturated heterocycles. The second kappa shape index (κ2) is 7.38. The van der Waals surface area contributed by atoms with Gasteiger partial charge in [0.2, 0.25) is 0 Å². The van der Waals surface area contributed by atoms with Crippen molar-refractivity contribution in [1.29, 1.82) is 0 Å². The summed E-state index contributed by atoms with van der Waals surface area (Å²) in [4.78, 5) is 24.4. The third-order valence-electron chi connectivity index (χ3n) is 5.01. The third-order valence-corrected chi connectivity index (χ3v) is 5.01. The molecular formula is C21H26N4O. The number of nitrogens with one attached hydrogen (secondary N) is 1. The van der Waals surface area contributed by atoms with Gasteiger partial charge in [0.25, 0.3) is 5.91 Å². The Hall–Kier alpha value is -2.53. The van der Waals surface area contributed by atoms with Gasteiger partial charge in [0, 0.05) is 18.6 Å². The number of carbonyl (C=O) groups excluding carboxylic acids is 1. The van der Waals surface area contributed by atoms with E-state index in [1.54, 1.807) is 0 Å². The Morgan fingerprint density at radius 2 is 1.69 bits per heavy atom. The van der Waals surface area contributed by atoms with Crippen molar-refractivity contribution in [3.05, 3.63) is 47.5 Å². The maximum absolute atomic E-state index is 12.8. The van der Waals surface area contributed by atoms with E-state index in [2.05, 4.69) is 43.0 Å². The number of benzene rings is 2. The van der Waals surface area contributed by atoms with Gasteiger partial charge < -0.3 is 5.32 Å². The average molecular weight is 350 g/mol. The number of fused-ring (bicyclic) bond motifs is 2. The molecule has 136 valence electrons. The molecule has 1 unspecified atom stereocenters. The lowest BCUT2D eigenvalue weighted by Crippen LogP contribution is -2.43. The fourth-order valence-electron chi connectivity index (χ4n) is 3.03. The number of amides is 1. The molecule has 1 N–H and O–H groups in total. The molecule has 1 heterocycles. The van der Waals surface area contributed by atoms with Crippen LogP contribution < -0.4 is 5.32 Å². The van der Waals surface area contributed by atoms with Gasteiger partial charge in [-0.15, -0.1) is 0 Å². The minimum Gasteiger partial charge on any atom is -0.350 e. The number of carbonyl (C=O) groups is 1. The van der Waals surface area contributed by atoms with Gasteiger partial charge in [-0.2, -0.15) is 0 Å². The number of nitrogens with zero attached hydrogens (tertiary/aromatic N) is 3. The van der Waals surface area contributed by atoms with Crippen molar-refractivity contribution in [2.75, 3.05) is 13.6 Å². The zero-order chi connectivity index (χ0) is 18.8. The fourth-order valence-corrected chi connectivity index (χ4v) is 3.03. The van der Waals surface area contributed by atoms with E-state index in [0.717, 1.165) is 22.1 Å². The lowest BCUT2D eigenvalue weighted by Gasteiger charge is -2.28. The first kappa shape index (κ1) is 18.3. The Morgan fingerprint density at radius 1 is 1.04 bits per heavy atom. The second-order valence-electron chi connectivity index (χ2n) is 7.16. The van der Waals surface area contributed by atoms with E-state index in [1.807, 2.05) is 43.3 Å². The molecule has 2 aromatic carbocycles. The number of aryl methyl sites for hydroxylation is 1. The largest absolute Gasteiger partial charge is 0.350 e. The highest BCUT2D eigenvalue weighted by Gasteiger charge is 2.16. The number of likely N-dealkylation sites (N-methyl/N-ethyl adjacent to an activating group) is 1. The highest BCUT2D eigenvalue weighted by molar-refractivity contribution is 6.06. The first-order valence-electron chi connectivity index (χ1n) is 9.04. The predicted octanol–water partition coefficient (Wildman–Crippen LogP) is 3.55. The molecule has 1 aromatic heterocycles. The van der Waals surface area contributed by atoms with Crippen LogP contribution in [0, 0.1) is 6.92 Å². The summed E-state index contributed by atoms with van der Waals surface area (Å²) in [5.74, 6) is -0.109. The van der Waals surface area contributed by atoms with Gasteiger partial charge in [0.1, 0.15) is 5.52 Å². The van der Waals surface area contributed by atoms with Crippen LogP contribution in [0.25, 0.3) is 22.1 Å². The van der Waals surface area contributed by atoms with E-state index in [4.69, 9.17) is 4.98 Å². The second-order valence-corrected chi connectivity index (χ2v) is 7.16. The molecular weight excluding hydrogens is 324 g/mol. The Bertz CT molecular complexity index is 951. The zero-order valence-electron chi connectivity index (χ0n) is 16.1. The molecule has 0 spiro atoms. The van der Waals surface area contributed by atoms with Crippen molar-refractivity contribution in [2.45, 2.75) is 39.8 Å². The van der Waals surface area contributed by atoms with E-state index in [-0.39, 0.29) is 11.9 Å². The number of hydrogen-bond donors (Lipinski definition) is 1. The number of rotatable bonds is 5. The van der Waals surface area contributed by atoms with Crippen molar-refractivity contribution in [3.8, 4) is 0 Å². The van der Waals surface area contributed by atoms with Crippen LogP contribution >= 0.6 is 0 Å². The lowest BCUT2D eigenvalue weighted by atomic mass is 10.1. The lowest BCUT2D eigenvalue weighted by molar-refractivity contribution is 0.0937. The van der Waals surface area contributed by atoms with Crippen molar-refractivity contribution < 1.29 is 4.79 Å². The van der Waals surface area contributed by atoms with Gasteiger partial charge >= 0.3 is 0 Å². The predicted molar refractivity (Wildman–Crippen MR) is 106 cm³/mol. The molecule has 0 aliphatic rings. The van der Waals surface area contributed by atoms with Gasteiger partial charge in [0.15, 0.2) is 0 Å². The molecule has 1 amide bonds. The smallest absolute Gasteiger partial charge is 0.253 e. The molecule has 1 atom stereocenters. The first-order valence-corrected chi connectivity index (χ1v) is 9.04. The van der Waals surface area contributed by atoms with Gasteiger partial charge in [-0.25, -0.2) is 9.97 Å². The van der Waals surface area contributed by atoms with Gasteiger partial charge in [-0.1, -0.05) is 18.2 Å². The molecule has 3 aromatic rings. The maximum Gasteiger partial charge on any atom is 0.253 e. The normalized spacial score (nSPS) is 12.9.